The van der Waals surface area contributed by atoms with Gasteiger partial charge in [-0.15, -0.1) is 0 Å². The van der Waals surface area contributed by atoms with Gasteiger partial charge in [-0.25, -0.2) is 0 Å². The lowest BCUT2D eigenvalue weighted by atomic mass is 9.83. The van der Waals surface area contributed by atoms with Gasteiger partial charge < -0.3 is 61.1 Å². The average Bonchev–Trinajstić information content (AvgIpc) is 2.90. The van der Waals surface area contributed by atoms with Crippen molar-refractivity contribution in [3.8, 4) is 0 Å². The van der Waals surface area contributed by atoms with Crippen LogP contribution >= 0.6 is 0 Å². The number of nitrogens with two attached hydrogens (primary N) is 1. The van der Waals surface area contributed by atoms with Crippen molar-refractivity contribution in [2.75, 3.05) is 39.4 Å². The second-order valence-electron chi connectivity index (χ2n) is 11.7. The number of ether oxygens (including phenoxy) is 4. The number of hydrogen-bond donors (Lipinski definition) is 8. The minimum atomic E-state index is -1.31. The van der Waals surface area contributed by atoms with E-state index < -0.39 is 61.1 Å². The molecular weight excluding hydrogens is 536 g/mol. The first kappa shape index (κ1) is 32.5. The van der Waals surface area contributed by atoms with Gasteiger partial charge in [-0.3, -0.25) is 4.79 Å². The third-order valence-electron chi connectivity index (χ3n) is 8.59. The van der Waals surface area contributed by atoms with Crippen LogP contribution in [0.2, 0.25) is 0 Å². The van der Waals surface area contributed by atoms with Crippen LogP contribution in [0.5, 0.6) is 0 Å². The van der Waals surface area contributed by atoms with Crippen LogP contribution in [0.25, 0.3) is 0 Å². The Hall–Kier alpha value is -1.39. The molecule has 9 atom stereocenters. The van der Waals surface area contributed by atoms with E-state index >= 15 is 0 Å². The number of aliphatic hydroxyl groups excluding tert-OH is 4. The van der Waals surface area contributed by atoms with Gasteiger partial charge in [-0.05, 0) is 50.6 Å². The molecule has 2 heterocycles. The number of hydrogen-bond acceptors (Lipinski definition) is 12. The largest absolute Gasteiger partial charge is 0.468 e. The van der Waals surface area contributed by atoms with Crippen molar-refractivity contribution >= 4 is 5.91 Å². The third-order valence-corrected chi connectivity index (χ3v) is 8.59. The first-order chi connectivity index (χ1) is 19.8. The molecule has 1 unspecified atom stereocenters. The quantitative estimate of drug-likeness (QED) is 0.0969. The number of aliphatic hydroxyl groups is 4. The predicted octanol–water partition coefficient (Wildman–Crippen LogP) is -1.57. The minimum absolute atomic E-state index is 0.0891. The summed E-state index contributed by atoms with van der Waals surface area (Å²) >= 11 is 0. The Morgan fingerprint density at radius 2 is 2.02 bits per heavy atom. The topological polar surface area (TPSA) is 197 Å². The standard InChI is InChI=1S/C28H50N4O9/c1-2-21(34)28(38-10-9-33)41-26-20(32-27(37)23(35)17-13-31-14-17)11-19(29)25(24(26)36)40-22-8-4-7-18(39-22)15-30-12-16-5-3-6-16/h7,16-17,19-26,28,30-31,33-36H,2-6,8-15,29H2,1H3,(H,32,37)/t19-,20+,21+,22+,23?,24-,25+,26-,28+/m0/s1. The number of carbonyl (C=O) groups excluding carboxylic acids is 1. The zero-order valence-corrected chi connectivity index (χ0v) is 24.0. The summed E-state index contributed by atoms with van der Waals surface area (Å²) in [5.41, 5.74) is 6.49. The normalized spacial score (nSPS) is 33.1. The van der Waals surface area contributed by atoms with E-state index in [4.69, 9.17) is 24.7 Å². The van der Waals surface area contributed by atoms with Gasteiger partial charge in [0.2, 0.25) is 5.91 Å². The molecule has 4 rings (SSSR count). The fraction of sp³-hybridized carbons (Fsp3) is 0.893. The zero-order valence-electron chi connectivity index (χ0n) is 24.0. The van der Waals surface area contributed by atoms with Gasteiger partial charge in [0.15, 0.2) is 12.6 Å². The highest BCUT2D eigenvalue weighted by Gasteiger charge is 2.48. The van der Waals surface area contributed by atoms with Gasteiger partial charge in [0.25, 0.3) is 0 Å². The number of carbonyl (C=O) groups is 1. The molecular formula is C28H50N4O9. The van der Waals surface area contributed by atoms with Crippen molar-refractivity contribution in [3.05, 3.63) is 11.8 Å². The molecule has 2 aliphatic carbocycles. The molecule has 0 aromatic carbocycles. The lowest BCUT2D eigenvalue weighted by Gasteiger charge is -2.46. The molecule has 41 heavy (non-hydrogen) atoms. The maximum Gasteiger partial charge on any atom is 0.249 e. The van der Waals surface area contributed by atoms with Crippen LogP contribution in [0.15, 0.2) is 11.8 Å². The molecule has 2 aliphatic heterocycles. The summed E-state index contributed by atoms with van der Waals surface area (Å²) in [4.78, 5) is 12.9. The molecule has 0 spiro atoms. The second kappa shape index (κ2) is 15.9. The summed E-state index contributed by atoms with van der Waals surface area (Å²) in [5, 5.41) is 51.1. The van der Waals surface area contributed by atoms with Crippen LogP contribution in [0.4, 0.5) is 0 Å². The predicted molar refractivity (Wildman–Crippen MR) is 148 cm³/mol. The van der Waals surface area contributed by atoms with E-state index in [0.29, 0.717) is 32.5 Å². The smallest absolute Gasteiger partial charge is 0.249 e. The molecule has 4 aliphatic rings. The molecule has 0 aromatic heterocycles. The van der Waals surface area contributed by atoms with E-state index in [1.165, 1.54) is 19.3 Å². The van der Waals surface area contributed by atoms with Crippen LogP contribution in [-0.4, -0.2) is 121 Å². The van der Waals surface area contributed by atoms with Gasteiger partial charge in [-0.2, -0.15) is 0 Å². The second-order valence-corrected chi connectivity index (χ2v) is 11.7. The summed E-state index contributed by atoms with van der Waals surface area (Å²) in [5.74, 6) is 0.733. The Labute approximate surface area is 242 Å². The SMILES string of the molecule is CC[C@@H](O)[C@H](OCCO)O[C@@H]1[C@@H](O)[C@H](O[C@@H]2CCC=C(CNCC3CCC3)O2)[C@@H](N)C[C@H]1NC(=O)C(O)C1CNC1. The fourth-order valence-electron chi connectivity index (χ4n) is 5.65. The Balaban J connectivity index is 1.41. The lowest BCUT2D eigenvalue weighted by molar-refractivity contribution is -0.269. The van der Waals surface area contributed by atoms with Crippen LogP contribution in [0.1, 0.15) is 51.9 Å². The summed E-state index contributed by atoms with van der Waals surface area (Å²) in [7, 11) is 0. The van der Waals surface area contributed by atoms with Crippen LogP contribution in [0.3, 0.4) is 0 Å². The first-order valence-electron chi connectivity index (χ1n) is 15.2. The molecule has 3 fully saturated rings. The maximum absolute atomic E-state index is 12.9. The Morgan fingerprint density at radius 3 is 2.66 bits per heavy atom. The van der Waals surface area contributed by atoms with E-state index in [1.807, 2.05) is 6.08 Å². The number of rotatable bonds is 16. The average molecular weight is 587 g/mol. The Kier molecular flexibility index (Phi) is 12.6. The molecule has 13 nitrogen and oxygen atoms in total. The van der Waals surface area contributed by atoms with Crippen molar-refractivity contribution in [1.29, 1.82) is 0 Å². The molecule has 2 saturated carbocycles. The Bertz CT molecular complexity index is 843. The van der Waals surface area contributed by atoms with E-state index in [0.717, 1.165) is 24.6 Å². The summed E-state index contributed by atoms with van der Waals surface area (Å²) in [6, 6.07) is -1.47. The van der Waals surface area contributed by atoms with Crippen molar-refractivity contribution in [2.45, 2.75) is 107 Å². The number of amides is 1. The van der Waals surface area contributed by atoms with Gasteiger partial charge in [0, 0.05) is 31.5 Å². The van der Waals surface area contributed by atoms with E-state index in [2.05, 4.69) is 16.0 Å². The third kappa shape index (κ3) is 8.82. The summed E-state index contributed by atoms with van der Waals surface area (Å²) in [6.45, 7) is 4.00. The maximum atomic E-state index is 12.9. The minimum Gasteiger partial charge on any atom is -0.468 e. The highest BCUT2D eigenvalue weighted by atomic mass is 16.7. The molecule has 236 valence electrons. The molecule has 13 heteroatoms. The summed E-state index contributed by atoms with van der Waals surface area (Å²) < 4.78 is 23.9. The molecule has 0 radical (unpaired) electrons. The van der Waals surface area contributed by atoms with E-state index in [9.17, 15) is 25.2 Å². The van der Waals surface area contributed by atoms with Gasteiger partial charge >= 0.3 is 0 Å². The van der Waals surface area contributed by atoms with Crippen LogP contribution in [-0.2, 0) is 23.7 Å². The van der Waals surface area contributed by atoms with Gasteiger partial charge in [0.05, 0.1) is 25.8 Å². The first-order valence-corrected chi connectivity index (χ1v) is 15.2. The van der Waals surface area contributed by atoms with E-state index in [1.54, 1.807) is 6.92 Å². The van der Waals surface area contributed by atoms with Crippen molar-refractivity contribution < 1.29 is 44.2 Å². The van der Waals surface area contributed by atoms with Crippen LogP contribution in [0, 0.1) is 11.8 Å². The van der Waals surface area contributed by atoms with E-state index in [-0.39, 0.29) is 25.6 Å². The Morgan fingerprint density at radius 1 is 1.24 bits per heavy atom. The highest BCUT2D eigenvalue weighted by Crippen LogP contribution is 2.30. The molecule has 1 saturated heterocycles. The highest BCUT2D eigenvalue weighted by molar-refractivity contribution is 5.81. The number of allylic oxidation sites excluding steroid dienone is 1. The summed E-state index contributed by atoms with van der Waals surface area (Å²) in [6.07, 6.45) is 0.341. The van der Waals surface area contributed by atoms with Crippen molar-refractivity contribution in [2.24, 2.45) is 17.6 Å². The van der Waals surface area contributed by atoms with Crippen molar-refractivity contribution in [3.63, 3.8) is 0 Å². The molecule has 1 amide bonds. The van der Waals surface area contributed by atoms with Crippen molar-refractivity contribution in [1.82, 2.24) is 16.0 Å². The zero-order chi connectivity index (χ0) is 29.4. The van der Waals surface area contributed by atoms with Gasteiger partial charge in [0.1, 0.15) is 36.3 Å². The number of nitrogens with one attached hydrogen (secondary N) is 3. The van der Waals surface area contributed by atoms with Gasteiger partial charge in [-0.1, -0.05) is 13.3 Å². The molecule has 9 N–H and O–H groups in total. The fourth-order valence-corrected chi connectivity index (χ4v) is 5.65. The van der Waals surface area contributed by atoms with Crippen LogP contribution < -0.4 is 21.7 Å². The molecule has 0 bridgehead atoms. The molecule has 0 aromatic rings. The monoisotopic (exact) mass is 586 g/mol. The lowest BCUT2D eigenvalue weighted by Crippen LogP contribution is -2.67.